The topological polar surface area (TPSA) is 26.0 Å². The molecule has 0 saturated carbocycles. The van der Waals surface area contributed by atoms with Crippen molar-refractivity contribution in [3.8, 4) is 0 Å². The van der Waals surface area contributed by atoms with Crippen LogP contribution in [0.2, 0.25) is 0 Å². The molecule has 0 spiro atoms. The van der Waals surface area contributed by atoms with Crippen LogP contribution < -0.4 is 0 Å². The van der Waals surface area contributed by atoms with Gasteiger partial charge in [-0.2, -0.15) is 0 Å². The highest BCUT2D eigenvalue weighted by Crippen LogP contribution is 1.94. The monoisotopic (exact) mass is 96.0 g/mol. The second kappa shape index (κ2) is 1.78. The minimum absolute atomic E-state index is 0.681. The molecule has 0 aliphatic carbocycles. The van der Waals surface area contributed by atoms with Crippen molar-refractivity contribution in [1.82, 2.24) is 4.98 Å². The molecule has 1 heterocycles. The molecule has 0 amide bonds. The van der Waals surface area contributed by atoms with Gasteiger partial charge in [-0.05, 0) is 6.92 Å². The van der Waals surface area contributed by atoms with Crippen LogP contribution in [-0.2, 0) is 6.42 Å². The summed E-state index contributed by atoms with van der Waals surface area (Å²) in [7, 11) is 0. The van der Waals surface area contributed by atoms with Crippen LogP contribution in [0.15, 0.2) is 17.0 Å². The van der Waals surface area contributed by atoms with Crippen LogP contribution in [0, 0.1) is 6.92 Å². The highest BCUT2D eigenvalue weighted by atomic mass is 16.3. The maximum atomic E-state index is 4.81. The minimum atomic E-state index is 0.681. The van der Waals surface area contributed by atoms with Gasteiger partial charge in [0.25, 0.3) is 0 Å². The summed E-state index contributed by atoms with van der Waals surface area (Å²) in [6.45, 7) is 3.59. The predicted molar refractivity (Wildman–Crippen MR) is 25.6 cm³/mol. The Morgan fingerprint density at radius 1 is 1.86 bits per heavy atom. The third-order valence-corrected chi connectivity index (χ3v) is 0.730. The molecule has 0 aromatic carbocycles. The van der Waals surface area contributed by atoms with Crippen LogP contribution in [0.25, 0.3) is 0 Å². The summed E-state index contributed by atoms with van der Waals surface area (Å²) in [6.07, 6.45) is 3.74. The largest absolute Gasteiger partial charge is 0.449 e. The van der Waals surface area contributed by atoms with Gasteiger partial charge in [0.2, 0.25) is 0 Å². The van der Waals surface area contributed by atoms with Crippen molar-refractivity contribution in [1.29, 1.82) is 0 Å². The fraction of sp³-hybridized carbons (Fsp3) is 0.200. The Hall–Kier alpha value is -0.790. The lowest BCUT2D eigenvalue weighted by atomic mass is 10.4. The molecular formula is C5H6NO. The fourth-order valence-electron chi connectivity index (χ4n) is 0.366. The van der Waals surface area contributed by atoms with E-state index < -0.39 is 0 Å². The van der Waals surface area contributed by atoms with Crippen molar-refractivity contribution >= 4 is 0 Å². The van der Waals surface area contributed by atoms with Crippen molar-refractivity contribution in [2.75, 3.05) is 0 Å². The van der Waals surface area contributed by atoms with Gasteiger partial charge in [0.1, 0.15) is 5.76 Å². The van der Waals surface area contributed by atoms with Crippen LogP contribution in [0.4, 0.5) is 0 Å². The quantitative estimate of drug-likeness (QED) is 0.522. The molecule has 0 atom stereocenters. The lowest BCUT2D eigenvalue weighted by molar-refractivity contribution is 0.516. The Morgan fingerprint density at radius 3 is 3.00 bits per heavy atom. The van der Waals surface area contributed by atoms with Crippen LogP contribution in [0.3, 0.4) is 0 Å². The average Bonchev–Trinajstić information content (AvgIpc) is 2.14. The molecule has 1 aromatic rings. The molecule has 0 N–H and O–H groups in total. The van der Waals surface area contributed by atoms with E-state index in [0.717, 1.165) is 5.76 Å². The molecule has 0 unspecified atom stereocenters. The first kappa shape index (κ1) is 4.37. The summed E-state index contributed by atoms with van der Waals surface area (Å²) >= 11 is 0. The van der Waals surface area contributed by atoms with Crippen molar-refractivity contribution in [2.24, 2.45) is 0 Å². The number of hydrogen-bond acceptors (Lipinski definition) is 2. The minimum Gasteiger partial charge on any atom is -0.449 e. The summed E-state index contributed by atoms with van der Waals surface area (Å²) in [5.41, 5.74) is 0. The molecule has 1 aromatic heterocycles. The highest BCUT2D eigenvalue weighted by molar-refractivity contribution is 4.88. The van der Waals surface area contributed by atoms with E-state index in [4.69, 9.17) is 4.42 Å². The Labute approximate surface area is 42.2 Å². The molecule has 0 bridgehead atoms. The number of aromatic nitrogens is 1. The molecular weight excluding hydrogens is 90.1 g/mol. The molecule has 1 radical (unpaired) electrons. The Morgan fingerprint density at radius 2 is 2.71 bits per heavy atom. The van der Waals surface area contributed by atoms with E-state index in [0.29, 0.717) is 6.42 Å². The van der Waals surface area contributed by atoms with Gasteiger partial charge in [-0.25, -0.2) is 4.98 Å². The van der Waals surface area contributed by atoms with E-state index in [1.54, 1.807) is 6.20 Å². The van der Waals surface area contributed by atoms with Gasteiger partial charge in [-0.3, -0.25) is 0 Å². The zero-order chi connectivity index (χ0) is 5.11. The molecule has 0 saturated heterocycles. The molecule has 2 nitrogen and oxygen atoms in total. The van der Waals surface area contributed by atoms with Crippen LogP contribution in [0.1, 0.15) is 5.76 Å². The molecule has 0 aliphatic heterocycles. The Bertz CT molecular complexity index is 123. The van der Waals surface area contributed by atoms with Gasteiger partial charge in [-0.1, -0.05) is 0 Å². The Kier molecular flexibility index (Phi) is 1.11. The molecule has 2 heteroatoms. The summed E-state index contributed by atoms with van der Waals surface area (Å²) in [5.74, 6) is 0.833. The summed E-state index contributed by atoms with van der Waals surface area (Å²) in [6, 6.07) is 0. The summed E-state index contributed by atoms with van der Waals surface area (Å²) in [4.78, 5) is 3.69. The lowest BCUT2D eigenvalue weighted by Gasteiger charge is -1.77. The van der Waals surface area contributed by atoms with Crippen molar-refractivity contribution in [3.05, 3.63) is 25.3 Å². The van der Waals surface area contributed by atoms with E-state index in [1.807, 2.05) is 0 Å². The standard InChI is InChI=1S/C5H6NO/c1-2-5-3-6-4-7-5/h3-4H,1-2H2. The molecule has 0 aliphatic rings. The maximum Gasteiger partial charge on any atom is 0.180 e. The molecule has 0 fully saturated rings. The third kappa shape index (κ3) is 0.796. The second-order valence-electron chi connectivity index (χ2n) is 1.22. The molecule has 37 valence electrons. The SMILES string of the molecule is [CH2]Cc1cnco1. The summed E-state index contributed by atoms with van der Waals surface area (Å²) in [5, 5.41) is 0. The number of rotatable bonds is 1. The van der Waals surface area contributed by atoms with E-state index in [9.17, 15) is 0 Å². The molecule has 7 heavy (non-hydrogen) atoms. The maximum absolute atomic E-state index is 4.81. The molecule has 1 rings (SSSR count). The zero-order valence-corrected chi connectivity index (χ0v) is 3.92. The smallest absolute Gasteiger partial charge is 0.180 e. The van der Waals surface area contributed by atoms with Gasteiger partial charge in [0.15, 0.2) is 6.39 Å². The van der Waals surface area contributed by atoms with Crippen molar-refractivity contribution < 1.29 is 4.42 Å². The van der Waals surface area contributed by atoms with Gasteiger partial charge < -0.3 is 4.42 Å². The van der Waals surface area contributed by atoms with Crippen LogP contribution in [-0.4, -0.2) is 4.98 Å². The summed E-state index contributed by atoms with van der Waals surface area (Å²) < 4.78 is 4.81. The second-order valence-corrected chi connectivity index (χ2v) is 1.22. The predicted octanol–water partition coefficient (Wildman–Crippen LogP) is 1.05. The number of nitrogens with zero attached hydrogens (tertiary/aromatic N) is 1. The highest BCUT2D eigenvalue weighted by Gasteiger charge is 1.85. The number of oxazole rings is 1. The van der Waals surface area contributed by atoms with E-state index in [1.165, 1.54) is 6.39 Å². The van der Waals surface area contributed by atoms with E-state index >= 15 is 0 Å². The van der Waals surface area contributed by atoms with E-state index in [2.05, 4.69) is 11.9 Å². The van der Waals surface area contributed by atoms with Gasteiger partial charge in [0, 0.05) is 6.42 Å². The number of hydrogen-bond donors (Lipinski definition) is 0. The lowest BCUT2D eigenvalue weighted by Crippen LogP contribution is -1.68. The first-order valence-corrected chi connectivity index (χ1v) is 2.10. The van der Waals surface area contributed by atoms with Crippen LogP contribution >= 0.6 is 0 Å². The van der Waals surface area contributed by atoms with Gasteiger partial charge >= 0.3 is 0 Å². The van der Waals surface area contributed by atoms with E-state index in [-0.39, 0.29) is 0 Å². The van der Waals surface area contributed by atoms with Gasteiger partial charge in [-0.15, -0.1) is 0 Å². The van der Waals surface area contributed by atoms with Gasteiger partial charge in [0.05, 0.1) is 6.20 Å². The third-order valence-electron chi connectivity index (χ3n) is 0.730. The fourth-order valence-corrected chi connectivity index (χ4v) is 0.366. The van der Waals surface area contributed by atoms with Crippen molar-refractivity contribution in [3.63, 3.8) is 0 Å². The van der Waals surface area contributed by atoms with Crippen LogP contribution in [0.5, 0.6) is 0 Å². The Balaban J connectivity index is 2.76. The first-order chi connectivity index (χ1) is 3.43. The first-order valence-electron chi connectivity index (χ1n) is 2.10. The normalized spacial score (nSPS) is 9.29. The average molecular weight is 96.1 g/mol. The van der Waals surface area contributed by atoms with Crippen molar-refractivity contribution in [2.45, 2.75) is 6.42 Å². The zero-order valence-electron chi connectivity index (χ0n) is 3.92.